The molecule has 0 heterocycles. The number of anilines is 3. The number of carbonyl (C=O) groups is 3. The molecule has 0 atom stereocenters. The van der Waals surface area contributed by atoms with Crippen LogP contribution in [0.2, 0.25) is 0 Å². The first-order valence-corrected chi connectivity index (χ1v) is 12.1. The highest BCUT2D eigenvalue weighted by Crippen LogP contribution is 2.24. The molecule has 3 aromatic rings. The summed E-state index contributed by atoms with van der Waals surface area (Å²) in [5, 5.41) is 5.32. The molecule has 0 saturated heterocycles. The van der Waals surface area contributed by atoms with Crippen molar-refractivity contribution in [2.24, 2.45) is 0 Å². The Bertz CT molecular complexity index is 1340. The van der Waals surface area contributed by atoms with Crippen molar-refractivity contribution in [1.82, 2.24) is 0 Å². The van der Waals surface area contributed by atoms with Crippen LogP contribution in [0.25, 0.3) is 0 Å². The maximum absolute atomic E-state index is 12.5. The summed E-state index contributed by atoms with van der Waals surface area (Å²) in [5.74, 6) is -1.21. The van der Waals surface area contributed by atoms with Gasteiger partial charge < -0.3 is 20.1 Å². The van der Waals surface area contributed by atoms with Crippen LogP contribution in [-0.2, 0) is 19.6 Å². The highest BCUT2D eigenvalue weighted by atomic mass is 32.2. The van der Waals surface area contributed by atoms with Gasteiger partial charge in [0.05, 0.1) is 24.6 Å². The van der Waals surface area contributed by atoms with Crippen molar-refractivity contribution in [2.45, 2.75) is 0 Å². The molecule has 2 amide bonds. The number of sulfonamides is 1. The van der Waals surface area contributed by atoms with E-state index in [2.05, 4.69) is 15.4 Å². The number of benzene rings is 3. The number of hydrogen-bond donors (Lipinski definition) is 3. The molecule has 3 N–H and O–H groups in total. The fourth-order valence-electron chi connectivity index (χ4n) is 2.98. The SMILES string of the molecule is COc1ccccc1NC(=O)c1ccc(NC(=O)COC(=O)c2cccc(NS(C)(=O)=O)c2)cc1. The Hall–Kier alpha value is -4.38. The van der Waals surface area contributed by atoms with Gasteiger partial charge in [0.1, 0.15) is 5.75 Å². The van der Waals surface area contributed by atoms with Crippen molar-refractivity contribution in [3.63, 3.8) is 0 Å². The lowest BCUT2D eigenvalue weighted by molar-refractivity contribution is -0.119. The van der Waals surface area contributed by atoms with Gasteiger partial charge in [0, 0.05) is 16.9 Å². The summed E-state index contributed by atoms with van der Waals surface area (Å²) in [4.78, 5) is 36.8. The Labute approximate surface area is 202 Å². The van der Waals surface area contributed by atoms with Crippen LogP contribution in [0.15, 0.2) is 72.8 Å². The van der Waals surface area contributed by atoms with E-state index >= 15 is 0 Å². The Morgan fingerprint density at radius 1 is 0.829 bits per heavy atom. The predicted molar refractivity (Wildman–Crippen MR) is 131 cm³/mol. The lowest BCUT2D eigenvalue weighted by Gasteiger charge is -2.10. The van der Waals surface area contributed by atoms with Crippen molar-refractivity contribution in [1.29, 1.82) is 0 Å². The number of hydrogen-bond acceptors (Lipinski definition) is 7. The van der Waals surface area contributed by atoms with Crippen molar-refractivity contribution >= 4 is 44.9 Å². The Morgan fingerprint density at radius 2 is 1.54 bits per heavy atom. The van der Waals surface area contributed by atoms with Crippen LogP contribution in [-0.4, -0.2) is 46.2 Å². The van der Waals surface area contributed by atoms with Crippen LogP contribution in [0.1, 0.15) is 20.7 Å². The van der Waals surface area contributed by atoms with E-state index in [9.17, 15) is 22.8 Å². The van der Waals surface area contributed by atoms with Crippen molar-refractivity contribution < 1.29 is 32.3 Å². The minimum Gasteiger partial charge on any atom is -0.495 e. The lowest BCUT2D eigenvalue weighted by atomic mass is 10.2. The summed E-state index contributed by atoms with van der Waals surface area (Å²) in [6.07, 6.45) is 0.988. The summed E-state index contributed by atoms with van der Waals surface area (Å²) in [6.45, 7) is -0.557. The van der Waals surface area contributed by atoms with Gasteiger partial charge in [-0.1, -0.05) is 18.2 Å². The first-order valence-electron chi connectivity index (χ1n) is 10.2. The average molecular weight is 498 g/mol. The van der Waals surface area contributed by atoms with E-state index in [4.69, 9.17) is 9.47 Å². The number of nitrogens with one attached hydrogen (secondary N) is 3. The third-order valence-corrected chi connectivity index (χ3v) is 5.13. The van der Waals surface area contributed by atoms with Crippen molar-refractivity contribution in [3.8, 4) is 5.75 Å². The first-order chi connectivity index (χ1) is 16.6. The van der Waals surface area contributed by atoms with Crippen LogP contribution >= 0.6 is 0 Å². The van der Waals surface area contributed by atoms with Crippen molar-refractivity contribution in [3.05, 3.63) is 83.9 Å². The van der Waals surface area contributed by atoms with Crippen LogP contribution < -0.4 is 20.1 Å². The minimum atomic E-state index is -3.50. The fourth-order valence-corrected chi connectivity index (χ4v) is 3.54. The number of carbonyl (C=O) groups excluding carboxylic acids is 3. The monoisotopic (exact) mass is 497 g/mol. The van der Waals surface area contributed by atoms with E-state index in [1.54, 1.807) is 24.3 Å². The highest BCUT2D eigenvalue weighted by molar-refractivity contribution is 7.92. The fraction of sp³-hybridized carbons (Fsp3) is 0.125. The number of para-hydroxylation sites is 2. The summed E-state index contributed by atoms with van der Waals surface area (Å²) < 4.78 is 35.1. The Balaban J connectivity index is 1.53. The molecule has 0 aromatic heterocycles. The number of rotatable bonds is 9. The van der Waals surface area contributed by atoms with Gasteiger partial charge in [-0.2, -0.15) is 0 Å². The van der Waals surface area contributed by atoms with Gasteiger partial charge in [0.2, 0.25) is 10.0 Å². The van der Waals surface area contributed by atoms with E-state index in [0.717, 1.165) is 6.26 Å². The molecule has 0 spiro atoms. The van der Waals surface area contributed by atoms with E-state index < -0.39 is 28.5 Å². The minimum absolute atomic E-state index is 0.0804. The van der Waals surface area contributed by atoms with Crippen LogP contribution in [0, 0.1) is 0 Å². The topological polar surface area (TPSA) is 140 Å². The number of ether oxygens (including phenoxy) is 2. The maximum atomic E-state index is 12.5. The summed E-state index contributed by atoms with van der Waals surface area (Å²) >= 11 is 0. The van der Waals surface area contributed by atoms with E-state index in [0.29, 0.717) is 22.7 Å². The molecule has 0 saturated carbocycles. The molecule has 3 aromatic carbocycles. The molecule has 182 valence electrons. The van der Waals surface area contributed by atoms with Gasteiger partial charge >= 0.3 is 5.97 Å². The summed E-state index contributed by atoms with van der Waals surface area (Å²) in [5.41, 5.74) is 1.57. The zero-order chi connectivity index (χ0) is 25.4. The molecule has 0 aliphatic carbocycles. The number of methoxy groups -OCH3 is 1. The first kappa shape index (κ1) is 25.2. The van der Waals surface area contributed by atoms with Gasteiger partial charge in [-0.3, -0.25) is 14.3 Å². The molecular weight excluding hydrogens is 474 g/mol. The molecule has 35 heavy (non-hydrogen) atoms. The molecule has 11 heteroatoms. The van der Waals surface area contributed by atoms with Crippen LogP contribution in [0.4, 0.5) is 17.1 Å². The van der Waals surface area contributed by atoms with E-state index in [-0.39, 0.29) is 17.2 Å². The molecular formula is C24H23N3O7S. The average Bonchev–Trinajstić information content (AvgIpc) is 2.82. The van der Waals surface area contributed by atoms with Gasteiger partial charge in [-0.25, -0.2) is 13.2 Å². The predicted octanol–water partition coefficient (Wildman–Crippen LogP) is 3.11. The van der Waals surface area contributed by atoms with Gasteiger partial charge in [-0.15, -0.1) is 0 Å². The normalized spacial score (nSPS) is 10.7. The number of amides is 2. The molecule has 3 rings (SSSR count). The molecule has 0 radical (unpaired) electrons. The zero-order valence-corrected chi connectivity index (χ0v) is 19.7. The molecule has 0 fully saturated rings. The summed E-state index contributed by atoms with van der Waals surface area (Å²) in [6, 6.07) is 18.8. The van der Waals surface area contributed by atoms with Crippen molar-refractivity contribution in [2.75, 3.05) is 35.3 Å². The van der Waals surface area contributed by atoms with Gasteiger partial charge in [0.25, 0.3) is 11.8 Å². The maximum Gasteiger partial charge on any atom is 0.338 e. The molecule has 10 nitrogen and oxygen atoms in total. The van der Waals surface area contributed by atoms with Gasteiger partial charge in [-0.05, 0) is 54.6 Å². The van der Waals surface area contributed by atoms with Crippen LogP contribution in [0.5, 0.6) is 5.75 Å². The Kier molecular flexibility index (Phi) is 8.05. The highest BCUT2D eigenvalue weighted by Gasteiger charge is 2.13. The molecule has 0 aliphatic heterocycles. The standard InChI is InChI=1S/C24H23N3O7S/c1-33-21-9-4-3-8-20(21)26-23(29)16-10-12-18(13-11-16)25-22(28)15-34-24(30)17-6-5-7-19(14-17)27-35(2,31)32/h3-14,27H,15H2,1-2H3,(H,25,28)(H,26,29). The molecule has 0 aliphatic rings. The van der Waals surface area contributed by atoms with E-state index in [1.165, 1.54) is 55.6 Å². The quantitative estimate of drug-likeness (QED) is 0.386. The second-order valence-corrected chi connectivity index (χ2v) is 9.06. The lowest BCUT2D eigenvalue weighted by Crippen LogP contribution is -2.21. The third kappa shape index (κ3) is 7.57. The summed E-state index contributed by atoms with van der Waals surface area (Å²) in [7, 11) is -2.00. The molecule has 0 unspecified atom stereocenters. The van der Waals surface area contributed by atoms with Crippen LogP contribution in [0.3, 0.4) is 0 Å². The second-order valence-electron chi connectivity index (χ2n) is 7.31. The Morgan fingerprint density at radius 3 is 2.23 bits per heavy atom. The number of esters is 1. The largest absolute Gasteiger partial charge is 0.495 e. The molecule has 0 bridgehead atoms. The second kappa shape index (κ2) is 11.2. The van der Waals surface area contributed by atoms with E-state index in [1.807, 2.05) is 0 Å². The third-order valence-electron chi connectivity index (χ3n) is 4.52. The van der Waals surface area contributed by atoms with Gasteiger partial charge in [0.15, 0.2) is 6.61 Å². The smallest absolute Gasteiger partial charge is 0.338 e. The zero-order valence-electron chi connectivity index (χ0n) is 18.9.